The van der Waals surface area contributed by atoms with Gasteiger partial charge < -0.3 is 38.7 Å². The number of hydrogen-bond donors (Lipinski definition) is 2. The number of aryl methyl sites for hydroxylation is 1. The lowest BCUT2D eigenvalue weighted by Crippen LogP contribution is -2.70. The summed E-state index contributed by atoms with van der Waals surface area (Å²) < 4.78 is 33.2. The van der Waals surface area contributed by atoms with Gasteiger partial charge in [0.1, 0.15) is 24.1 Å². The zero-order valence-electron chi connectivity index (χ0n) is 37.9. The van der Waals surface area contributed by atoms with E-state index in [1.165, 1.54) is 0 Å². The van der Waals surface area contributed by atoms with Crippen LogP contribution < -0.4 is 9.47 Å². The van der Waals surface area contributed by atoms with E-state index in [-0.39, 0.29) is 57.1 Å². The average Bonchev–Trinajstić information content (AvgIpc) is 3.33. The minimum atomic E-state index is -1.45. The number of aromatic nitrogens is 1. The quantitative estimate of drug-likeness (QED) is 0.0501. The van der Waals surface area contributed by atoms with Gasteiger partial charge in [-0.2, -0.15) is 0 Å². The molecule has 3 heterocycles. The van der Waals surface area contributed by atoms with Crippen LogP contribution in [0.2, 0.25) is 0 Å². The van der Waals surface area contributed by atoms with E-state index in [4.69, 9.17) is 33.7 Å². The molecule has 3 aromatic carbocycles. The molecule has 1 aromatic heterocycles. The fourth-order valence-electron chi connectivity index (χ4n) is 10.6. The minimum absolute atomic E-state index is 0.0498. The molecule has 1 amide bonds. The lowest BCUT2D eigenvalue weighted by atomic mass is 9.55. The SMILES string of the molecule is C=CCOC12Oc3ccc(OCc4cccc(C)n4)cc3C3C(CCCCO)C(CCCCO)C=C(C(=NOC4CCCCO4)CC1N(Cc1cccc4ccccc14)C(=O)OCC)C32. The number of fused-ring (bicyclic) bond motifs is 3. The molecule has 65 heavy (non-hydrogen) atoms. The van der Waals surface area contributed by atoms with Crippen molar-refractivity contribution in [3.8, 4) is 11.5 Å². The molecular formula is C53H65N3O9. The summed E-state index contributed by atoms with van der Waals surface area (Å²) in [6.07, 6.45) is 10.6. The number of amides is 1. The third-order valence-corrected chi connectivity index (χ3v) is 13.5. The number of allylic oxidation sites excluding steroid dienone is 1. The molecule has 4 aliphatic rings. The fraction of sp³-hybridized carbons (Fsp3) is 0.491. The summed E-state index contributed by atoms with van der Waals surface area (Å²) in [6, 6.07) is 25.5. The maximum atomic E-state index is 14.8. The molecule has 0 bridgehead atoms. The Morgan fingerprint density at radius 3 is 2.60 bits per heavy atom. The van der Waals surface area contributed by atoms with Gasteiger partial charge in [-0.1, -0.05) is 78.7 Å². The molecule has 346 valence electrons. The number of rotatable bonds is 20. The molecule has 2 aliphatic carbocycles. The minimum Gasteiger partial charge on any atom is -0.487 e. The van der Waals surface area contributed by atoms with Crippen molar-refractivity contribution >= 4 is 22.6 Å². The Bertz CT molecular complexity index is 2300. The van der Waals surface area contributed by atoms with Gasteiger partial charge in [0.15, 0.2) is 0 Å². The Morgan fingerprint density at radius 1 is 1.00 bits per heavy atom. The molecule has 1 saturated heterocycles. The smallest absolute Gasteiger partial charge is 0.410 e. The molecular weight excluding hydrogens is 823 g/mol. The van der Waals surface area contributed by atoms with Crippen molar-refractivity contribution < 1.29 is 43.5 Å². The van der Waals surface area contributed by atoms with E-state index in [2.05, 4.69) is 48.0 Å². The van der Waals surface area contributed by atoms with Crippen molar-refractivity contribution in [2.24, 2.45) is 22.9 Å². The first kappa shape index (κ1) is 46.3. The number of aliphatic hydroxyl groups is 2. The van der Waals surface area contributed by atoms with Gasteiger partial charge in [-0.25, -0.2) is 4.79 Å². The molecule has 7 atom stereocenters. The van der Waals surface area contributed by atoms with Crippen molar-refractivity contribution in [1.29, 1.82) is 0 Å². The number of carbonyl (C=O) groups excluding carboxylic acids is 1. The Labute approximate surface area is 383 Å². The molecule has 8 rings (SSSR count). The van der Waals surface area contributed by atoms with Gasteiger partial charge in [-0.15, -0.1) is 6.58 Å². The lowest BCUT2D eigenvalue weighted by molar-refractivity contribution is -0.256. The van der Waals surface area contributed by atoms with Gasteiger partial charge in [-0.05, 0) is 116 Å². The molecule has 12 heteroatoms. The van der Waals surface area contributed by atoms with Crippen molar-refractivity contribution in [3.63, 3.8) is 0 Å². The standard InChI is InChI=1S/C53H65N3O9/c1-4-29-63-53-48(56(52(59)60-5-2)34-39-20-15-19-37-17-6-7-22-42(37)39)33-46(55-65-49-24-10-13-30-61-49)44-31-38(18-8-11-27-57)43(23-9-12-28-58)50(51(44)53)45-32-41(25-26-47(45)64-53)62-35-40-21-14-16-36(3)54-40/h4,6-7,14-17,19-22,25-26,31-32,38,43,48-51,57-58H,1,5,8-13,18,23-24,27-30,33-35H2,2-3H3. The number of unbranched alkanes of at least 4 members (excludes halogenated alkanes) is 2. The van der Waals surface area contributed by atoms with E-state index in [0.717, 1.165) is 83.8 Å². The molecule has 1 saturated carbocycles. The molecule has 2 aliphatic heterocycles. The summed E-state index contributed by atoms with van der Waals surface area (Å²) in [5.74, 6) is -0.712. The van der Waals surface area contributed by atoms with Crippen LogP contribution in [0.5, 0.6) is 11.5 Å². The predicted molar refractivity (Wildman–Crippen MR) is 249 cm³/mol. The number of hydrogen-bond acceptors (Lipinski definition) is 11. The van der Waals surface area contributed by atoms with Crippen molar-refractivity contribution in [3.05, 3.63) is 126 Å². The monoisotopic (exact) mass is 887 g/mol. The summed E-state index contributed by atoms with van der Waals surface area (Å²) in [5.41, 5.74) is 5.33. The zero-order valence-corrected chi connectivity index (χ0v) is 37.9. The number of nitrogens with zero attached hydrogens (tertiary/aromatic N) is 3. The van der Waals surface area contributed by atoms with Gasteiger partial charge >= 0.3 is 6.09 Å². The first-order chi connectivity index (χ1) is 31.9. The average molecular weight is 888 g/mol. The Balaban J connectivity index is 1.33. The van der Waals surface area contributed by atoms with Crippen LogP contribution in [-0.4, -0.2) is 83.1 Å². The van der Waals surface area contributed by atoms with E-state index in [1.807, 2.05) is 62.4 Å². The van der Waals surface area contributed by atoms with E-state index in [0.29, 0.717) is 43.3 Å². The number of pyridine rings is 1. The molecule has 7 unspecified atom stereocenters. The highest BCUT2D eigenvalue weighted by Gasteiger charge is 2.65. The topological polar surface area (TPSA) is 141 Å². The van der Waals surface area contributed by atoms with E-state index in [1.54, 1.807) is 11.0 Å². The van der Waals surface area contributed by atoms with Crippen LogP contribution >= 0.6 is 0 Å². The van der Waals surface area contributed by atoms with Crippen LogP contribution in [-0.2, 0) is 32.2 Å². The second-order valence-corrected chi connectivity index (χ2v) is 17.7. The van der Waals surface area contributed by atoms with Crippen LogP contribution in [0.1, 0.15) is 99.6 Å². The Morgan fingerprint density at radius 2 is 1.82 bits per heavy atom. The van der Waals surface area contributed by atoms with E-state index < -0.39 is 30.1 Å². The van der Waals surface area contributed by atoms with Gasteiger partial charge in [0, 0.05) is 43.2 Å². The number of carbonyl (C=O) groups is 1. The summed E-state index contributed by atoms with van der Waals surface area (Å²) in [5, 5.41) is 27.1. The lowest BCUT2D eigenvalue weighted by Gasteiger charge is -2.60. The first-order valence-electron chi connectivity index (χ1n) is 23.7. The second kappa shape index (κ2) is 21.8. The van der Waals surface area contributed by atoms with Gasteiger partial charge in [0.05, 0.1) is 43.7 Å². The predicted octanol–water partition coefficient (Wildman–Crippen LogP) is 9.94. The highest BCUT2D eigenvalue weighted by Crippen LogP contribution is 2.62. The van der Waals surface area contributed by atoms with Crippen LogP contribution in [0.25, 0.3) is 10.8 Å². The van der Waals surface area contributed by atoms with Crippen molar-refractivity contribution in [2.45, 2.75) is 115 Å². The molecule has 4 aromatic rings. The van der Waals surface area contributed by atoms with Gasteiger partial charge in [0.2, 0.25) is 12.1 Å². The van der Waals surface area contributed by atoms with Crippen LogP contribution in [0.3, 0.4) is 0 Å². The number of ether oxygens (including phenoxy) is 5. The largest absolute Gasteiger partial charge is 0.487 e. The third kappa shape index (κ3) is 10.3. The summed E-state index contributed by atoms with van der Waals surface area (Å²) in [4.78, 5) is 27.6. The highest BCUT2D eigenvalue weighted by molar-refractivity contribution is 6.03. The van der Waals surface area contributed by atoms with Gasteiger partial charge in [-0.3, -0.25) is 9.88 Å². The van der Waals surface area contributed by atoms with E-state index in [9.17, 15) is 15.0 Å². The summed E-state index contributed by atoms with van der Waals surface area (Å²) >= 11 is 0. The maximum absolute atomic E-state index is 14.8. The third-order valence-electron chi connectivity index (χ3n) is 13.5. The normalized spacial score (nSPS) is 25.2. The number of aliphatic hydroxyl groups excluding tert-OH is 2. The first-order valence-corrected chi connectivity index (χ1v) is 23.7. The second-order valence-electron chi connectivity index (χ2n) is 17.7. The number of oxime groups is 1. The van der Waals surface area contributed by atoms with Crippen molar-refractivity contribution in [1.82, 2.24) is 9.88 Å². The molecule has 2 N–H and O–H groups in total. The Kier molecular flexibility index (Phi) is 15.5. The zero-order chi connectivity index (χ0) is 45.2. The number of benzene rings is 3. The highest BCUT2D eigenvalue weighted by atomic mass is 16.8. The maximum Gasteiger partial charge on any atom is 0.410 e. The van der Waals surface area contributed by atoms with Gasteiger partial charge in [0.25, 0.3) is 0 Å². The van der Waals surface area contributed by atoms with Crippen molar-refractivity contribution in [2.75, 3.05) is 33.0 Å². The molecule has 2 fully saturated rings. The summed E-state index contributed by atoms with van der Waals surface area (Å²) in [6.45, 7) is 9.49. The molecule has 12 nitrogen and oxygen atoms in total. The van der Waals surface area contributed by atoms with E-state index >= 15 is 0 Å². The Hall–Kier alpha value is -5.27. The fourth-order valence-corrected chi connectivity index (χ4v) is 10.6. The van der Waals surface area contributed by atoms with Crippen LogP contribution in [0.4, 0.5) is 4.79 Å². The summed E-state index contributed by atoms with van der Waals surface area (Å²) in [7, 11) is 0. The van der Waals surface area contributed by atoms with Crippen LogP contribution in [0.15, 0.2) is 108 Å². The molecule has 0 radical (unpaired) electrons. The molecule has 0 spiro atoms. The van der Waals surface area contributed by atoms with Crippen LogP contribution in [0, 0.1) is 24.7 Å².